The number of amides is 1. The molecule has 1 heterocycles. The van der Waals surface area contributed by atoms with Crippen LogP contribution in [-0.2, 0) is 11.2 Å². The maximum atomic E-state index is 14.4. The Kier molecular flexibility index (Phi) is 6.32. The van der Waals surface area contributed by atoms with Crippen molar-refractivity contribution in [3.05, 3.63) is 99.5 Å². The van der Waals surface area contributed by atoms with Gasteiger partial charge in [-0.15, -0.1) is 0 Å². The molecule has 1 unspecified atom stereocenters. The number of nitrogens with one attached hydrogen (secondary N) is 2. The van der Waals surface area contributed by atoms with Crippen molar-refractivity contribution in [2.75, 3.05) is 6.54 Å². The molecule has 0 fully saturated rings. The average molecular weight is 379 g/mol. The fourth-order valence-electron chi connectivity index (χ4n) is 3.21. The van der Waals surface area contributed by atoms with Crippen molar-refractivity contribution in [2.45, 2.75) is 25.7 Å². The number of hydrogen-bond acceptors (Lipinski definition) is 3. The molecule has 1 amide bonds. The highest BCUT2D eigenvalue weighted by molar-refractivity contribution is 5.77. The molecule has 0 aliphatic heterocycles. The number of rotatable bonds is 7. The molecular weight excluding hydrogens is 357 g/mol. The number of nitrogens with zero attached hydrogens (tertiary/aromatic N) is 1. The molecule has 5 nitrogen and oxygen atoms in total. The molecule has 0 spiro atoms. The maximum absolute atomic E-state index is 14.4. The summed E-state index contributed by atoms with van der Waals surface area (Å²) in [4.78, 5) is 30.8. The predicted octanol–water partition coefficient (Wildman–Crippen LogP) is 3.10. The van der Waals surface area contributed by atoms with Gasteiger partial charge in [0, 0.05) is 37.1 Å². The summed E-state index contributed by atoms with van der Waals surface area (Å²) in [5, 5.41) is 2.85. The van der Waals surface area contributed by atoms with Crippen molar-refractivity contribution >= 4 is 5.91 Å². The van der Waals surface area contributed by atoms with Crippen molar-refractivity contribution in [1.82, 2.24) is 15.3 Å². The molecule has 2 N–H and O–H groups in total. The summed E-state index contributed by atoms with van der Waals surface area (Å²) in [6.45, 7) is 2.07. The lowest BCUT2D eigenvalue weighted by atomic mass is 9.88. The van der Waals surface area contributed by atoms with Crippen molar-refractivity contribution in [3.63, 3.8) is 0 Å². The summed E-state index contributed by atoms with van der Waals surface area (Å²) in [6.07, 6.45) is 0.582. The van der Waals surface area contributed by atoms with Crippen LogP contribution in [0.15, 0.2) is 65.5 Å². The van der Waals surface area contributed by atoms with E-state index in [-0.39, 0.29) is 29.6 Å². The van der Waals surface area contributed by atoms with E-state index in [4.69, 9.17) is 0 Å². The second kappa shape index (κ2) is 9.08. The van der Waals surface area contributed by atoms with Crippen LogP contribution >= 0.6 is 0 Å². The highest BCUT2D eigenvalue weighted by atomic mass is 19.1. The number of carbonyl (C=O) groups is 1. The molecule has 144 valence electrons. The Bertz CT molecular complexity index is 1000. The summed E-state index contributed by atoms with van der Waals surface area (Å²) >= 11 is 0. The monoisotopic (exact) mass is 379 g/mol. The van der Waals surface area contributed by atoms with Crippen LogP contribution in [0.5, 0.6) is 0 Å². The molecule has 0 saturated heterocycles. The van der Waals surface area contributed by atoms with Crippen molar-refractivity contribution in [3.8, 4) is 0 Å². The number of aromatic amines is 1. The molecule has 1 atom stereocenters. The highest BCUT2D eigenvalue weighted by Gasteiger charge is 2.20. The highest BCUT2D eigenvalue weighted by Crippen LogP contribution is 2.29. The number of aryl methyl sites for hydroxylation is 1. The van der Waals surface area contributed by atoms with Crippen LogP contribution in [0.4, 0.5) is 4.39 Å². The quantitative estimate of drug-likeness (QED) is 0.662. The normalized spacial score (nSPS) is 11.8. The van der Waals surface area contributed by atoms with Gasteiger partial charge in [0.05, 0.1) is 0 Å². The Morgan fingerprint density at radius 2 is 1.86 bits per heavy atom. The van der Waals surface area contributed by atoms with Gasteiger partial charge in [-0.25, -0.2) is 9.37 Å². The summed E-state index contributed by atoms with van der Waals surface area (Å²) in [6, 6.07) is 17.4. The number of H-pyrrole nitrogens is 1. The Morgan fingerprint density at radius 1 is 1.14 bits per heavy atom. The zero-order chi connectivity index (χ0) is 19.9. The van der Waals surface area contributed by atoms with E-state index in [0.717, 1.165) is 5.56 Å². The van der Waals surface area contributed by atoms with Gasteiger partial charge in [0.1, 0.15) is 11.6 Å². The molecule has 0 radical (unpaired) electrons. The lowest BCUT2D eigenvalue weighted by Crippen LogP contribution is -2.28. The zero-order valence-electron chi connectivity index (χ0n) is 15.6. The van der Waals surface area contributed by atoms with Crippen LogP contribution in [0, 0.1) is 12.7 Å². The van der Waals surface area contributed by atoms with Gasteiger partial charge in [-0.1, -0.05) is 48.5 Å². The number of carbonyl (C=O) groups excluding carboxylic acids is 1. The first-order chi connectivity index (χ1) is 13.5. The molecule has 1 aromatic heterocycles. The lowest BCUT2D eigenvalue weighted by molar-refractivity contribution is -0.121. The summed E-state index contributed by atoms with van der Waals surface area (Å²) in [5.41, 5.74) is 1.79. The van der Waals surface area contributed by atoms with Crippen LogP contribution in [0.25, 0.3) is 0 Å². The molecule has 3 aromatic rings. The van der Waals surface area contributed by atoms with Gasteiger partial charge in [-0.05, 0) is 24.1 Å². The fraction of sp³-hybridized carbons (Fsp3) is 0.227. The molecule has 0 saturated carbocycles. The smallest absolute Gasteiger partial charge is 0.251 e. The Labute approximate surface area is 162 Å². The van der Waals surface area contributed by atoms with Crippen molar-refractivity contribution in [1.29, 1.82) is 0 Å². The van der Waals surface area contributed by atoms with E-state index >= 15 is 0 Å². The van der Waals surface area contributed by atoms with Crippen LogP contribution in [0.2, 0.25) is 0 Å². The standard InChI is InChI=1S/C22H22FN3O2/c1-15-25-17(13-22(28)26-15)11-12-24-21(27)14-19(16-7-3-2-4-8-16)18-9-5-6-10-20(18)23/h2-10,13,19H,11-12,14H2,1H3,(H,24,27)(H,25,26,28). The average Bonchev–Trinajstić information content (AvgIpc) is 2.67. The minimum absolute atomic E-state index is 0.132. The van der Waals surface area contributed by atoms with Gasteiger partial charge in [-0.2, -0.15) is 0 Å². The van der Waals surface area contributed by atoms with E-state index in [0.29, 0.717) is 30.0 Å². The topological polar surface area (TPSA) is 74.8 Å². The predicted molar refractivity (Wildman–Crippen MR) is 106 cm³/mol. The molecular formula is C22H22FN3O2. The zero-order valence-corrected chi connectivity index (χ0v) is 15.6. The van der Waals surface area contributed by atoms with Crippen LogP contribution in [0.1, 0.15) is 35.0 Å². The van der Waals surface area contributed by atoms with Gasteiger partial charge in [0.25, 0.3) is 5.56 Å². The van der Waals surface area contributed by atoms with Gasteiger partial charge in [-0.3, -0.25) is 9.59 Å². The summed E-state index contributed by atoms with van der Waals surface area (Å²) < 4.78 is 14.4. The minimum atomic E-state index is -0.373. The number of benzene rings is 2. The van der Waals surface area contributed by atoms with Crippen molar-refractivity contribution < 1.29 is 9.18 Å². The Morgan fingerprint density at radius 3 is 2.57 bits per heavy atom. The van der Waals surface area contributed by atoms with E-state index in [1.165, 1.54) is 12.1 Å². The fourth-order valence-corrected chi connectivity index (χ4v) is 3.21. The molecule has 0 aliphatic rings. The van der Waals surface area contributed by atoms with E-state index in [1.54, 1.807) is 25.1 Å². The van der Waals surface area contributed by atoms with E-state index in [1.807, 2.05) is 30.3 Å². The third kappa shape index (κ3) is 5.13. The molecule has 0 aliphatic carbocycles. The van der Waals surface area contributed by atoms with Gasteiger partial charge in [0.2, 0.25) is 5.91 Å². The first kappa shape index (κ1) is 19.5. The Balaban J connectivity index is 1.68. The molecule has 6 heteroatoms. The van der Waals surface area contributed by atoms with E-state index in [2.05, 4.69) is 15.3 Å². The SMILES string of the molecule is Cc1nc(CCNC(=O)CC(c2ccccc2)c2ccccc2F)cc(=O)[nH]1. The van der Waals surface area contributed by atoms with Gasteiger partial charge < -0.3 is 10.3 Å². The summed E-state index contributed by atoms with van der Waals surface area (Å²) in [5.74, 6) is -0.342. The first-order valence-electron chi connectivity index (χ1n) is 9.16. The lowest BCUT2D eigenvalue weighted by Gasteiger charge is -2.18. The van der Waals surface area contributed by atoms with Gasteiger partial charge in [0.15, 0.2) is 0 Å². The summed E-state index contributed by atoms with van der Waals surface area (Å²) in [7, 11) is 0. The number of aromatic nitrogens is 2. The van der Waals surface area contributed by atoms with Crippen molar-refractivity contribution in [2.24, 2.45) is 0 Å². The Hall–Kier alpha value is -3.28. The second-order valence-corrected chi connectivity index (χ2v) is 6.61. The number of halogens is 1. The van der Waals surface area contributed by atoms with E-state index in [9.17, 15) is 14.0 Å². The van der Waals surface area contributed by atoms with Gasteiger partial charge >= 0.3 is 0 Å². The molecule has 2 aromatic carbocycles. The van der Waals surface area contributed by atoms with Crippen LogP contribution in [-0.4, -0.2) is 22.4 Å². The van der Waals surface area contributed by atoms with E-state index < -0.39 is 0 Å². The maximum Gasteiger partial charge on any atom is 0.251 e. The first-order valence-corrected chi connectivity index (χ1v) is 9.16. The second-order valence-electron chi connectivity index (χ2n) is 6.61. The minimum Gasteiger partial charge on any atom is -0.356 e. The van der Waals surface area contributed by atoms with Crippen LogP contribution in [0.3, 0.4) is 0 Å². The largest absolute Gasteiger partial charge is 0.356 e. The molecule has 0 bridgehead atoms. The molecule has 28 heavy (non-hydrogen) atoms. The third-order valence-electron chi connectivity index (χ3n) is 4.49. The third-order valence-corrected chi connectivity index (χ3v) is 4.49. The molecule has 3 rings (SSSR count). The van der Waals surface area contributed by atoms with Crippen LogP contribution < -0.4 is 10.9 Å². The number of hydrogen-bond donors (Lipinski definition) is 2.